The van der Waals surface area contributed by atoms with E-state index in [0.29, 0.717) is 6.42 Å². The Bertz CT molecular complexity index is 585. The van der Waals surface area contributed by atoms with Crippen molar-refractivity contribution in [1.29, 1.82) is 0 Å². The number of methoxy groups -OCH3 is 1. The van der Waals surface area contributed by atoms with Crippen LogP contribution < -0.4 is 5.32 Å². The molecule has 0 heterocycles. The Hall–Kier alpha value is -2.37. The quantitative estimate of drug-likeness (QED) is 0.472. The average molecular weight is 349 g/mol. The van der Waals surface area contributed by atoms with Crippen LogP contribution in [-0.2, 0) is 9.53 Å². The number of esters is 1. The molecule has 0 unspecified atom stereocenters. The number of carboxylic acids is 1. The fourth-order valence-electron chi connectivity index (χ4n) is 2.53. The van der Waals surface area contributed by atoms with E-state index in [0.717, 1.165) is 25.7 Å². The van der Waals surface area contributed by atoms with Crippen molar-refractivity contribution in [2.24, 2.45) is 0 Å². The number of unbranched alkanes of at least 4 members (excludes halogenated alkanes) is 5. The Balaban J connectivity index is 2.58. The molecule has 1 atom stereocenters. The zero-order chi connectivity index (χ0) is 18.7. The number of hydrogen-bond acceptors (Lipinski definition) is 4. The Labute approximate surface area is 148 Å². The normalized spacial score (nSPS) is 11.6. The standard InChI is InChI=1S/C19H27NO5/c1-3-4-5-6-7-8-12-16(18(22)23)20-17(21)14-10-9-11-15(13-14)19(24)25-2/h9-11,13,16H,3-8,12H2,1-2H3,(H,20,21)(H,22,23)/t16-/m1/s1. The minimum absolute atomic E-state index is 0.233. The van der Waals surface area contributed by atoms with E-state index in [1.807, 2.05) is 0 Å². The maximum Gasteiger partial charge on any atom is 0.337 e. The second-order valence-electron chi connectivity index (χ2n) is 5.99. The molecule has 6 nitrogen and oxygen atoms in total. The molecule has 0 aliphatic carbocycles. The number of ether oxygens (including phenoxy) is 1. The summed E-state index contributed by atoms with van der Waals surface area (Å²) in [5.74, 6) is -2.10. The largest absolute Gasteiger partial charge is 0.480 e. The van der Waals surface area contributed by atoms with Crippen LogP contribution in [0.2, 0.25) is 0 Å². The van der Waals surface area contributed by atoms with Gasteiger partial charge in [0, 0.05) is 5.56 Å². The van der Waals surface area contributed by atoms with Gasteiger partial charge in [0.15, 0.2) is 0 Å². The molecule has 1 aromatic rings. The van der Waals surface area contributed by atoms with Gasteiger partial charge in [0.1, 0.15) is 6.04 Å². The number of nitrogens with one attached hydrogen (secondary N) is 1. The second kappa shape index (κ2) is 11.2. The summed E-state index contributed by atoms with van der Waals surface area (Å²) >= 11 is 0. The van der Waals surface area contributed by atoms with E-state index in [9.17, 15) is 19.5 Å². The zero-order valence-electron chi connectivity index (χ0n) is 14.9. The van der Waals surface area contributed by atoms with E-state index in [4.69, 9.17) is 0 Å². The van der Waals surface area contributed by atoms with Crippen LogP contribution in [0.4, 0.5) is 0 Å². The predicted molar refractivity (Wildman–Crippen MR) is 94.7 cm³/mol. The lowest BCUT2D eigenvalue weighted by Gasteiger charge is -2.14. The summed E-state index contributed by atoms with van der Waals surface area (Å²) in [4.78, 5) is 35.2. The van der Waals surface area contributed by atoms with Crippen molar-refractivity contribution in [2.45, 2.75) is 57.9 Å². The number of hydrogen-bond donors (Lipinski definition) is 2. The summed E-state index contributed by atoms with van der Waals surface area (Å²) in [6.07, 6.45) is 6.69. The first-order valence-corrected chi connectivity index (χ1v) is 8.71. The van der Waals surface area contributed by atoms with E-state index < -0.39 is 23.9 Å². The topological polar surface area (TPSA) is 92.7 Å². The highest BCUT2D eigenvalue weighted by molar-refractivity contribution is 5.99. The number of carbonyl (C=O) groups excluding carboxylic acids is 2. The van der Waals surface area contributed by atoms with Gasteiger partial charge in [0.05, 0.1) is 12.7 Å². The Morgan fingerprint density at radius 2 is 1.72 bits per heavy atom. The fourth-order valence-corrected chi connectivity index (χ4v) is 2.53. The van der Waals surface area contributed by atoms with Gasteiger partial charge in [-0.1, -0.05) is 51.5 Å². The summed E-state index contributed by atoms with van der Waals surface area (Å²) in [6, 6.07) is 5.09. The molecule has 2 N–H and O–H groups in total. The van der Waals surface area contributed by atoms with Crippen LogP contribution in [0.3, 0.4) is 0 Å². The zero-order valence-corrected chi connectivity index (χ0v) is 14.9. The molecule has 0 radical (unpaired) electrons. The minimum Gasteiger partial charge on any atom is -0.480 e. The van der Waals surface area contributed by atoms with Crippen molar-refractivity contribution in [2.75, 3.05) is 7.11 Å². The van der Waals surface area contributed by atoms with Crippen molar-refractivity contribution in [3.8, 4) is 0 Å². The molecule has 6 heteroatoms. The molecule has 0 fully saturated rings. The molecule has 25 heavy (non-hydrogen) atoms. The molecule has 0 aliphatic heterocycles. The molecule has 1 aromatic carbocycles. The Morgan fingerprint density at radius 1 is 1.08 bits per heavy atom. The summed E-state index contributed by atoms with van der Waals surface area (Å²) in [7, 11) is 1.26. The molecule has 0 spiro atoms. The van der Waals surface area contributed by atoms with Crippen molar-refractivity contribution >= 4 is 17.8 Å². The molecule has 0 saturated heterocycles. The number of benzene rings is 1. The van der Waals surface area contributed by atoms with Crippen LogP contribution >= 0.6 is 0 Å². The molecule has 1 amide bonds. The van der Waals surface area contributed by atoms with Gasteiger partial charge in [-0.2, -0.15) is 0 Å². The van der Waals surface area contributed by atoms with Crippen LogP contribution in [-0.4, -0.2) is 36.1 Å². The minimum atomic E-state index is -1.05. The SMILES string of the molecule is CCCCCCCC[C@@H](NC(=O)c1cccc(C(=O)OC)c1)C(=O)O. The first-order valence-electron chi connectivity index (χ1n) is 8.71. The van der Waals surface area contributed by atoms with Gasteiger partial charge < -0.3 is 15.2 Å². The van der Waals surface area contributed by atoms with Crippen molar-refractivity contribution in [1.82, 2.24) is 5.32 Å². The predicted octanol–water partition coefficient (Wildman–Crippen LogP) is 3.41. The van der Waals surface area contributed by atoms with Gasteiger partial charge in [0.25, 0.3) is 5.91 Å². The second-order valence-corrected chi connectivity index (χ2v) is 5.99. The third-order valence-corrected chi connectivity index (χ3v) is 4.00. The molecular formula is C19H27NO5. The molecule has 0 aromatic heterocycles. The lowest BCUT2D eigenvalue weighted by molar-refractivity contribution is -0.139. The Morgan fingerprint density at radius 3 is 2.36 bits per heavy atom. The third kappa shape index (κ3) is 7.37. The Kier molecular flexibility index (Phi) is 9.29. The maximum atomic E-state index is 12.3. The highest BCUT2D eigenvalue weighted by atomic mass is 16.5. The summed E-state index contributed by atoms with van der Waals surface area (Å²) < 4.78 is 4.62. The molecule has 1 rings (SSSR count). The van der Waals surface area contributed by atoms with E-state index in [1.165, 1.54) is 38.2 Å². The highest BCUT2D eigenvalue weighted by Crippen LogP contribution is 2.11. The number of aliphatic carboxylic acids is 1. The first-order chi connectivity index (χ1) is 12.0. The summed E-state index contributed by atoms with van der Waals surface area (Å²) in [5.41, 5.74) is 0.482. The third-order valence-electron chi connectivity index (χ3n) is 4.00. The monoisotopic (exact) mass is 349 g/mol. The van der Waals surface area contributed by atoms with Crippen LogP contribution in [0.1, 0.15) is 72.6 Å². The molecular weight excluding hydrogens is 322 g/mol. The van der Waals surface area contributed by atoms with E-state index in [-0.39, 0.29) is 11.1 Å². The van der Waals surface area contributed by atoms with Gasteiger partial charge in [-0.15, -0.1) is 0 Å². The number of carbonyl (C=O) groups is 3. The van der Waals surface area contributed by atoms with E-state index in [2.05, 4.69) is 17.0 Å². The average Bonchev–Trinajstić information content (AvgIpc) is 2.62. The van der Waals surface area contributed by atoms with Crippen molar-refractivity contribution in [3.05, 3.63) is 35.4 Å². The van der Waals surface area contributed by atoms with Crippen LogP contribution in [0.25, 0.3) is 0 Å². The van der Waals surface area contributed by atoms with Crippen molar-refractivity contribution < 1.29 is 24.2 Å². The van der Waals surface area contributed by atoms with Gasteiger partial charge in [-0.05, 0) is 24.6 Å². The smallest absolute Gasteiger partial charge is 0.337 e. The number of amides is 1. The maximum absolute atomic E-state index is 12.3. The van der Waals surface area contributed by atoms with E-state index >= 15 is 0 Å². The summed E-state index contributed by atoms with van der Waals surface area (Å²) in [6.45, 7) is 2.14. The number of rotatable bonds is 11. The number of carboxylic acid groups (broad SMARTS) is 1. The van der Waals surface area contributed by atoms with Gasteiger partial charge in [-0.25, -0.2) is 9.59 Å². The van der Waals surface area contributed by atoms with Gasteiger partial charge >= 0.3 is 11.9 Å². The highest BCUT2D eigenvalue weighted by Gasteiger charge is 2.20. The lowest BCUT2D eigenvalue weighted by atomic mass is 10.0. The van der Waals surface area contributed by atoms with Crippen LogP contribution in [0, 0.1) is 0 Å². The molecule has 0 saturated carbocycles. The first kappa shape index (κ1) is 20.7. The van der Waals surface area contributed by atoms with Gasteiger partial charge in [-0.3, -0.25) is 4.79 Å². The van der Waals surface area contributed by atoms with Gasteiger partial charge in [0.2, 0.25) is 0 Å². The molecule has 0 aliphatic rings. The lowest BCUT2D eigenvalue weighted by Crippen LogP contribution is -2.40. The van der Waals surface area contributed by atoms with Crippen molar-refractivity contribution in [3.63, 3.8) is 0 Å². The van der Waals surface area contributed by atoms with Crippen LogP contribution in [0.5, 0.6) is 0 Å². The van der Waals surface area contributed by atoms with E-state index in [1.54, 1.807) is 6.07 Å². The molecule has 0 bridgehead atoms. The summed E-state index contributed by atoms with van der Waals surface area (Å²) in [5, 5.41) is 11.8. The molecule has 138 valence electrons. The fraction of sp³-hybridized carbons (Fsp3) is 0.526. The van der Waals surface area contributed by atoms with Crippen LogP contribution in [0.15, 0.2) is 24.3 Å².